The molecule has 1 aromatic carbocycles. The number of aliphatic hydroxyl groups is 1. The smallest absolute Gasteiger partial charge is 0.261 e. The van der Waals surface area contributed by atoms with Crippen LogP contribution in [0, 0.1) is 29.1 Å². The van der Waals surface area contributed by atoms with Gasteiger partial charge in [-0.1, -0.05) is 11.8 Å². The van der Waals surface area contributed by atoms with Crippen molar-refractivity contribution in [3.05, 3.63) is 46.4 Å². The number of H-pyrrole nitrogens is 1. The van der Waals surface area contributed by atoms with Gasteiger partial charge in [0.2, 0.25) is 0 Å². The van der Waals surface area contributed by atoms with Crippen molar-refractivity contribution in [2.75, 3.05) is 5.32 Å². The number of nitrogens with one attached hydrogen (secondary N) is 2. The third-order valence-corrected chi connectivity index (χ3v) is 8.43. The highest BCUT2D eigenvalue weighted by atomic mass is 32.2. The lowest BCUT2D eigenvalue weighted by molar-refractivity contribution is 0.179. The van der Waals surface area contributed by atoms with Crippen LogP contribution < -0.4 is 10.9 Å². The van der Waals surface area contributed by atoms with Crippen molar-refractivity contribution in [1.82, 2.24) is 14.8 Å². The van der Waals surface area contributed by atoms with E-state index in [2.05, 4.69) is 27.2 Å². The predicted molar refractivity (Wildman–Crippen MR) is 121 cm³/mol. The summed E-state index contributed by atoms with van der Waals surface area (Å²) in [6, 6.07) is 8.15. The first-order chi connectivity index (χ1) is 15.8. The maximum Gasteiger partial charge on any atom is 0.261 e. The van der Waals surface area contributed by atoms with Gasteiger partial charge in [0, 0.05) is 17.4 Å². The number of pyridine rings is 1. The summed E-state index contributed by atoms with van der Waals surface area (Å²) in [5.41, 5.74) is 1.12. The second kappa shape index (κ2) is 7.77. The van der Waals surface area contributed by atoms with Gasteiger partial charge in [0.1, 0.15) is 11.4 Å². The Kier molecular flexibility index (Phi) is 5.00. The van der Waals surface area contributed by atoms with E-state index in [0.717, 1.165) is 12.8 Å². The first-order valence-corrected chi connectivity index (χ1v) is 12.2. The standard InChI is InChI=1S/C23H21N5O4S/c1-13-21(29)16-12-15(7-8-19(16)33(13,31)32)26-22-20-18(9-11-25-23(20)30)28(27-22)17(14-5-6-14)4-2-3-10-24/h7-9,11-14,17,21,29H,3,5-6H2,1H3,(H,25,30)(H,26,27). The van der Waals surface area contributed by atoms with E-state index in [1.54, 1.807) is 29.1 Å². The number of hydrogen-bond donors (Lipinski definition) is 3. The van der Waals surface area contributed by atoms with E-state index < -0.39 is 21.2 Å². The summed E-state index contributed by atoms with van der Waals surface area (Å²) in [7, 11) is -3.58. The molecule has 1 fully saturated rings. The van der Waals surface area contributed by atoms with E-state index in [0.29, 0.717) is 33.9 Å². The van der Waals surface area contributed by atoms with Crippen molar-refractivity contribution in [1.29, 1.82) is 5.26 Å². The molecule has 2 aliphatic rings. The van der Waals surface area contributed by atoms with Gasteiger partial charge in [-0.05, 0) is 49.9 Å². The highest BCUT2D eigenvalue weighted by molar-refractivity contribution is 7.92. The van der Waals surface area contributed by atoms with E-state index in [4.69, 9.17) is 5.26 Å². The van der Waals surface area contributed by atoms with E-state index in [1.165, 1.54) is 13.0 Å². The Morgan fingerprint density at radius 1 is 1.36 bits per heavy atom. The van der Waals surface area contributed by atoms with Crippen LogP contribution in [0.5, 0.6) is 0 Å². The molecule has 1 saturated carbocycles. The quantitative estimate of drug-likeness (QED) is 0.505. The fourth-order valence-electron chi connectivity index (χ4n) is 4.26. The van der Waals surface area contributed by atoms with Gasteiger partial charge >= 0.3 is 0 Å². The molecular formula is C23H21N5O4S. The van der Waals surface area contributed by atoms with Gasteiger partial charge in [0.25, 0.3) is 5.56 Å². The lowest BCUT2D eigenvalue weighted by Crippen LogP contribution is -2.16. The number of benzene rings is 1. The molecule has 168 valence electrons. The average molecular weight is 464 g/mol. The number of aromatic nitrogens is 3. The van der Waals surface area contributed by atoms with E-state index in [9.17, 15) is 18.3 Å². The molecule has 3 atom stereocenters. The largest absolute Gasteiger partial charge is 0.387 e. The van der Waals surface area contributed by atoms with Gasteiger partial charge in [0.15, 0.2) is 15.7 Å². The fourth-order valence-corrected chi connectivity index (χ4v) is 5.91. The van der Waals surface area contributed by atoms with Gasteiger partial charge in [-0.3, -0.25) is 4.79 Å². The van der Waals surface area contributed by atoms with Crippen molar-refractivity contribution < 1.29 is 13.5 Å². The van der Waals surface area contributed by atoms with Crippen molar-refractivity contribution in [3.8, 4) is 17.9 Å². The van der Waals surface area contributed by atoms with Gasteiger partial charge < -0.3 is 15.4 Å². The van der Waals surface area contributed by atoms with Crippen molar-refractivity contribution >= 4 is 32.2 Å². The number of hydrogen-bond acceptors (Lipinski definition) is 7. The van der Waals surface area contributed by atoms with Gasteiger partial charge in [-0.25, -0.2) is 13.1 Å². The number of rotatable bonds is 4. The number of nitrogens with zero attached hydrogens (tertiary/aromatic N) is 3. The molecule has 3 aromatic rings. The summed E-state index contributed by atoms with van der Waals surface area (Å²) < 4.78 is 26.7. The number of sulfone groups is 1. The monoisotopic (exact) mass is 463 g/mol. The summed E-state index contributed by atoms with van der Waals surface area (Å²) in [6.07, 6.45) is 2.53. The van der Waals surface area contributed by atoms with Crippen LogP contribution in [0.2, 0.25) is 0 Å². The number of nitriles is 1. The van der Waals surface area contributed by atoms with E-state index in [-0.39, 0.29) is 22.9 Å². The topological polar surface area (TPSA) is 141 Å². The lowest BCUT2D eigenvalue weighted by atomic mass is 10.1. The molecular weight excluding hydrogens is 442 g/mol. The number of aromatic amines is 1. The Labute approximate surface area is 190 Å². The van der Waals surface area contributed by atoms with Crippen molar-refractivity contribution in [2.24, 2.45) is 5.92 Å². The molecule has 5 rings (SSSR count). The molecule has 10 heteroatoms. The number of aliphatic hydroxyl groups excluding tert-OH is 1. The minimum Gasteiger partial charge on any atom is -0.387 e. The number of fused-ring (bicyclic) bond motifs is 2. The summed E-state index contributed by atoms with van der Waals surface area (Å²) in [4.78, 5) is 15.5. The van der Waals surface area contributed by atoms with Crippen LogP contribution in [-0.2, 0) is 9.84 Å². The normalized spacial score (nSPS) is 21.6. The minimum absolute atomic E-state index is 0.114. The summed E-state index contributed by atoms with van der Waals surface area (Å²) in [6.45, 7) is 1.48. The molecule has 1 aliphatic carbocycles. The van der Waals surface area contributed by atoms with E-state index >= 15 is 0 Å². The predicted octanol–water partition coefficient (Wildman–Crippen LogP) is 2.55. The third kappa shape index (κ3) is 3.48. The molecule has 3 N–H and O–H groups in total. The highest BCUT2D eigenvalue weighted by Gasteiger charge is 2.41. The molecule has 9 nitrogen and oxygen atoms in total. The zero-order valence-corrected chi connectivity index (χ0v) is 18.6. The molecule has 0 bridgehead atoms. The molecule has 1 aliphatic heterocycles. The molecule has 2 aromatic heterocycles. The first kappa shape index (κ1) is 21.3. The Morgan fingerprint density at radius 2 is 2.15 bits per heavy atom. The van der Waals surface area contributed by atoms with Crippen LogP contribution in [0.25, 0.3) is 10.9 Å². The van der Waals surface area contributed by atoms with Crippen molar-refractivity contribution in [2.45, 2.75) is 48.5 Å². The molecule has 0 saturated heterocycles. The Hall–Kier alpha value is -3.60. The Morgan fingerprint density at radius 3 is 2.88 bits per heavy atom. The second-order valence-electron chi connectivity index (χ2n) is 8.37. The molecule has 0 amide bonds. The van der Waals surface area contributed by atoms with E-state index in [1.807, 2.05) is 6.07 Å². The van der Waals surface area contributed by atoms with Gasteiger partial charge in [-0.2, -0.15) is 10.4 Å². The maximum absolute atomic E-state index is 12.7. The molecule has 0 radical (unpaired) electrons. The molecule has 0 spiro atoms. The lowest BCUT2D eigenvalue weighted by Gasteiger charge is -2.11. The summed E-state index contributed by atoms with van der Waals surface area (Å²) >= 11 is 0. The van der Waals surface area contributed by atoms with Gasteiger partial charge in [0.05, 0.1) is 34.3 Å². The Balaban J connectivity index is 1.59. The van der Waals surface area contributed by atoms with Gasteiger partial charge in [-0.15, -0.1) is 0 Å². The fraction of sp³-hybridized carbons (Fsp3) is 0.348. The molecule has 3 unspecified atom stereocenters. The average Bonchev–Trinajstić information content (AvgIpc) is 3.55. The Bertz CT molecular complexity index is 1530. The van der Waals surface area contributed by atoms with Crippen LogP contribution in [0.15, 0.2) is 40.2 Å². The summed E-state index contributed by atoms with van der Waals surface area (Å²) in [5.74, 6) is 6.61. The maximum atomic E-state index is 12.7. The van der Waals surface area contributed by atoms with Crippen LogP contribution in [0.3, 0.4) is 0 Å². The SMILES string of the molecule is CC1C(O)c2cc(Nc3nn(C(C#CCC#N)C4CC4)c4cc[nH]c(=O)c34)ccc2S1(=O)=O. The molecule has 3 heterocycles. The van der Waals surface area contributed by atoms with Crippen LogP contribution in [0.1, 0.15) is 43.9 Å². The zero-order chi connectivity index (χ0) is 23.3. The first-order valence-electron chi connectivity index (χ1n) is 10.6. The number of anilines is 2. The zero-order valence-electron chi connectivity index (χ0n) is 17.7. The van der Waals surface area contributed by atoms with Crippen molar-refractivity contribution in [3.63, 3.8) is 0 Å². The summed E-state index contributed by atoms with van der Waals surface area (Å²) in [5, 5.41) is 26.5. The minimum atomic E-state index is -3.58. The highest BCUT2D eigenvalue weighted by Crippen LogP contribution is 2.42. The third-order valence-electron chi connectivity index (χ3n) is 6.21. The van der Waals surface area contributed by atoms with Crippen LogP contribution in [-0.4, -0.2) is 33.5 Å². The van der Waals surface area contributed by atoms with Crippen LogP contribution in [0.4, 0.5) is 11.5 Å². The molecule has 33 heavy (non-hydrogen) atoms. The van der Waals surface area contributed by atoms with Crippen LogP contribution >= 0.6 is 0 Å². The second-order valence-corrected chi connectivity index (χ2v) is 10.6.